The monoisotopic (exact) mass is 368 g/mol. The molecular formula is C20H24N4O3. The van der Waals surface area contributed by atoms with E-state index in [-0.39, 0.29) is 24.1 Å². The number of benzene rings is 1. The highest BCUT2D eigenvalue weighted by atomic mass is 16.2. The van der Waals surface area contributed by atoms with Crippen LogP contribution in [0.4, 0.5) is 0 Å². The second-order valence-corrected chi connectivity index (χ2v) is 8.39. The van der Waals surface area contributed by atoms with E-state index in [0.717, 1.165) is 43.2 Å². The normalized spacial score (nSPS) is 31.7. The highest BCUT2D eigenvalue weighted by Gasteiger charge is 2.56. The van der Waals surface area contributed by atoms with Crippen LogP contribution in [0.3, 0.4) is 0 Å². The van der Waals surface area contributed by atoms with Gasteiger partial charge in [0.25, 0.3) is 5.91 Å². The van der Waals surface area contributed by atoms with Crippen LogP contribution in [0.25, 0.3) is 0 Å². The Kier molecular flexibility index (Phi) is 3.84. The van der Waals surface area contributed by atoms with E-state index in [1.165, 1.54) is 6.42 Å². The van der Waals surface area contributed by atoms with Gasteiger partial charge >= 0.3 is 0 Å². The molecule has 27 heavy (non-hydrogen) atoms. The number of hydrogen-bond donors (Lipinski definition) is 3. The van der Waals surface area contributed by atoms with Crippen molar-refractivity contribution in [2.75, 3.05) is 19.6 Å². The lowest BCUT2D eigenvalue weighted by Gasteiger charge is -2.29. The van der Waals surface area contributed by atoms with Crippen molar-refractivity contribution >= 4 is 17.7 Å². The molecule has 1 unspecified atom stereocenters. The van der Waals surface area contributed by atoms with Gasteiger partial charge in [-0.3, -0.25) is 19.7 Å². The number of nitrogens with one attached hydrogen (secondary N) is 3. The van der Waals surface area contributed by atoms with Gasteiger partial charge in [-0.15, -0.1) is 0 Å². The van der Waals surface area contributed by atoms with Crippen molar-refractivity contribution in [1.82, 2.24) is 20.9 Å². The first kappa shape index (κ1) is 16.9. The van der Waals surface area contributed by atoms with E-state index in [2.05, 4.69) is 22.0 Å². The predicted molar refractivity (Wildman–Crippen MR) is 97.6 cm³/mol. The summed E-state index contributed by atoms with van der Waals surface area (Å²) in [4.78, 5) is 37.9. The molecule has 4 aliphatic rings. The molecule has 1 aromatic carbocycles. The van der Waals surface area contributed by atoms with Gasteiger partial charge in [-0.25, -0.2) is 0 Å². The molecule has 1 aromatic rings. The van der Waals surface area contributed by atoms with Crippen LogP contribution in [0.2, 0.25) is 0 Å². The molecule has 1 saturated carbocycles. The summed E-state index contributed by atoms with van der Waals surface area (Å²) >= 11 is 0. The second kappa shape index (κ2) is 6.14. The molecule has 1 aliphatic carbocycles. The molecule has 0 spiro atoms. The van der Waals surface area contributed by atoms with Crippen molar-refractivity contribution in [3.8, 4) is 0 Å². The molecule has 0 bridgehead atoms. The summed E-state index contributed by atoms with van der Waals surface area (Å²) in [6, 6.07) is 5.45. The van der Waals surface area contributed by atoms with E-state index in [4.69, 9.17) is 0 Å². The fourth-order valence-corrected chi connectivity index (χ4v) is 4.88. The lowest BCUT2D eigenvalue weighted by Crippen LogP contribution is -2.52. The third kappa shape index (κ3) is 2.85. The Labute approximate surface area is 157 Å². The van der Waals surface area contributed by atoms with Gasteiger partial charge in [-0.1, -0.05) is 12.1 Å². The Morgan fingerprint density at radius 3 is 2.89 bits per heavy atom. The summed E-state index contributed by atoms with van der Waals surface area (Å²) in [5, 5.41) is 9.34. The summed E-state index contributed by atoms with van der Waals surface area (Å²) in [7, 11) is 0. The minimum absolute atomic E-state index is 0.109. The van der Waals surface area contributed by atoms with Crippen molar-refractivity contribution in [3.63, 3.8) is 0 Å². The molecule has 3 aliphatic heterocycles. The lowest BCUT2D eigenvalue weighted by molar-refractivity contribution is -0.136. The fourth-order valence-electron chi connectivity index (χ4n) is 4.88. The molecule has 142 valence electrons. The summed E-state index contributed by atoms with van der Waals surface area (Å²) < 4.78 is 0. The molecule has 3 N–H and O–H groups in total. The molecule has 0 aromatic heterocycles. The van der Waals surface area contributed by atoms with E-state index in [9.17, 15) is 14.4 Å². The first-order chi connectivity index (χ1) is 13.1. The zero-order valence-electron chi connectivity index (χ0n) is 15.2. The van der Waals surface area contributed by atoms with Crippen molar-refractivity contribution in [3.05, 3.63) is 34.9 Å². The summed E-state index contributed by atoms with van der Waals surface area (Å²) in [5.41, 5.74) is 3.18. The number of nitrogens with zero attached hydrogens (tertiary/aromatic N) is 1. The van der Waals surface area contributed by atoms with Gasteiger partial charge in [0.1, 0.15) is 6.04 Å². The molecule has 3 fully saturated rings. The number of imide groups is 1. The molecule has 3 heterocycles. The molecule has 3 atom stereocenters. The number of carbonyl (C=O) groups is 3. The van der Waals surface area contributed by atoms with Gasteiger partial charge in [-0.2, -0.15) is 0 Å². The minimum atomic E-state index is -0.551. The van der Waals surface area contributed by atoms with Crippen LogP contribution in [0.1, 0.15) is 40.7 Å². The van der Waals surface area contributed by atoms with Crippen LogP contribution >= 0.6 is 0 Å². The molecule has 7 heteroatoms. The lowest BCUT2D eigenvalue weighted by atomic mass is 10.0. The SMILES string of the molecule is O=C1CCC(N2Cc3ccc(CNC[C@@]45CNC[C@@H]4C5)cc3C2=O)C(=O)N1. The van der Waals surface area contributed by atoms with Crippen LogP contribution in [-0.4, -0.2) is 48.3 Å². The van der Waals surface area contributed by atoms with Crippen LogP contribution in [-0.2, 0) is 22.7 Å². The van der Waals surface area contributed by atoms with Gasteiger partial charge < -0.3 is 15.5 Å². The standard InChI is InChI=1S/C20H24N4O3/c25-17-4-3-16(18(26)23-17)24-9-13-2-1-12(5-15(13)19(24)27)7-21-10-20-6-14(20)8-22-11-20/h1-2,5,14,16,21-22H,3-4,6-11H2,(H,23,25,26)/t14-,16?,20-/m0/s1. The van der Waals surface area contributed by atoms with E-state index in [0.29, 0.717) is 23.9 Å². The Bertz CT molecular complexity index is 839. The van der Waals surface area contributed by atoms with Crippen LogP contribution in [0.5, 0.6) is 0 Å². The van der Waals surface area contributed by atoms with Crippen LogP contribution < -0.4 is 16.0 Å². The Balaban J connectivity index is 1.24. The predicted octanol–water partition coefficient (Wildman–Crippen LogP) is 0.147. The maximum Gasteiger partial charge on any atom is 0.255 e. The van der Waals surface area contributed by atoms with Crippen LogP contribution in [0.15, 0.2) is 18.2 Å². The molecule has 3 amide bonds. The first-order valence-electron chi connectivity index (χ1n) is 9.74. The largest absolute Gasteiger partial charge is 0.322 e. The van der Waals surface area contributed by atoms with Crippen molar-refractivity contribution in [2.24, 2.45) is 11.3 Å². The van der Waals surface area contributed by atoms with Gasteiger partial charge in [0.15, 0.2) is 0 Å². The smallest absolute Gasteiger partial charge is 0.255 e. The summed E-state index contributed by atoms with van der Waals surface area (Å²) in [6.07, 6.45) is 2.00. The van der Waals surface area contributed by atoms with Gasteiger partial charge in [-0.05, 0) is 47.9 Å². The molecule has 0 radical (unpaired) electrons. The zero-order chi connectivity index (χ0) is 18.6. The van der Waals surface area contributed by atoms with E-state index in [1.54, 1.807) is 4.90 Å². The highest BCUT2D eigenvalue weighted by molar-refractivity contribution is 6.05. The topological polar surface area (TPSA) is 90.5 Å². The number of rotatable bonds is 5. The summed E-state index contributed by atoms with van der Waals surface area (Å²) in [5.74, 6) is 0.0946. The third-order valence-electron chi connectivity index (χ3n) is 6.63. The summed E-state index contributed by atoms with van der Waals surface area (Å²) in [6.45, 7) is 4.44. The molecule has 2 saturated heterocycles. The highest BCUT2D eigenvalue weighted by Crippen LogP contribution is 2.54. The van der Waals surface area contributed by atoms with Crippen molar-refractivity contribution < 1.29 is 14.4 Å². The zero-order valence-corrected chi connectivity index (χ0v) is 15.2. The Morgan fingerprint density at radius 2 is 2.15 bits per heavy atom. The Morgan fingerprint density at radius 1 is 1.26 bits per heavy atom. The van der Waals surface area contributed by atoms with Crippen LogP contribution in [0, 0.1) is 11.3 Å². The molecular weight excluding hydrogens is 344 g/mol. The second-order valence-electron chi connectivity index (χ2n) is 8.39. The Hall–Kier alpha value is -2.25. The van der Waals surface area contributed by atoms with E-state index < -0.39 is 6.04 Å². The number of amides is 3. The number of fused-ring (bicyclic) bond motifs is 2. The quantitative estimate of drug-likeness (QED) is 0.644. The van der Waals surface area contributed by atoms with Gasteiger partial charge in [0, 0.05) is 38.2 Å². The maximum atomic E-state index is 12.8. The van der Waals surface area contributed by atoms with E-state index >= 15 is 0 Å². The number of hydrogen-bond acceptors (Lipinski definition) is 5. The van der Waals surface area contributed by atoms with Gasteiger partial charge in [0.05, 0.1) is 0 Å². The minimum Gasteiger partial charge on any atom is -0.322 e. The third-order valence-corrected chi connectivity index (χ3v) is 6.63. The maximum absolute atomic E-state index is 12.8. The number of piperidine rings is 2. The van der Waals surface area contributed by atoms with Gasteiger partial charge in [0.2, 0.25) is 11.8 Å². The van der Waals surface area contributed by atoms with E-state index in [1.807, 2.05) is 12.1 Å². The molecule has 5 rings (SSSR count). The van der Waals surface area contributed by atoms with Crippen molar-refractivity contribution in [1.29, 1.82) is 0 Å². The number of carbonyl (C=O) groups excluding carboxylic acids is 3. The average Bonchev–Trinajstić information content (AvgIpc) is 3.02. The fraction of sp³-hybridized carbons (Fsp3) is 0.550. The van der Waals surface area contributed by atoms with Crippen molar-refractivity contribution in [2.45, 2.75) is 38.4 Å². The first-order valence-corrected chi connectivity index (χ1v) is 9.74. The molecule has 7 nitrogen and oxygen atoms in total. The average molecular weight is 368 g/mol.